The molecule has 7 heteroatoms. The van der Waals surface area contributed by atoms with Crippen molar-refractivity contribution in [1.82, 2.24) is 20.1 Å². The maximum atomic E-state index is 8.83. The molecular weight excluding hydrogens is 322 g/mol. The predicted octanol–water partition coefficient (Wildman–Crippen LogP) is 2.83. The molecule has 0 N–H and O–H groups in total. The second kappa shape index (κ2) is 5.19. The van der Waals surface area contributed by atoms with E-state index < -0.39 is 0 Å². The van der Waals surface area contributed by atoms with Crippen LogP contribution < -0.4 is 0 Å². The van der Waals surface area contributed by atoms with Gasteiger partial charge >= 0.3 is 0 Å². The summed E-state index contributed by atoms with van der Waals surface area (Å²) < 4.78 is 5.98. The molecule has 0 aliphatic heterocycles. The summed E-state index contributed by atoms with van der Waals surface area (Å²) in [6.07, 6.45) is 3.17. The lowest BCUT2D eigenvalue weighted by atomic mass is 10.2. The molecule has 0 radical (unpaired) electrons. The van der Waals surface area contributed by atoms with Crippen molar-refractivity contribution >= 4 is 15.9 Å². The van der Waals surface area contributed by atoms with Gasteiger partial charge in [-0.25, -0.2) is 4.98 Å². The van der Waals surface area contributed by atoms with Gasteiger partial charge in [-0.2, -0.15) is 10.2 Å². The number of halogens is 1. The van der Waals surface area contributed by atoms with Crippen molar-refractivity contribution in [1.29, 1.82) is 5.26 Å². The molecule has 0 fully saturated rings. The second-order valence-electron chi connectivity index (χ2n) is 3.80. The van der Waals surface area contributed by atoms with Gasteiger partial charge in [0.2, 0.25) is 5.82 Å². The molecule has 3 aromatic rings. The highest BCUT2D eigenvalue weighted by Gasteiger charge is 2.14. The van der Waals surface area contributed by atoms with Crippen LogP contribution in [0.2, 0.25) is 0 Å². The summed E-state index contributed by atoms with van der Waals surface area (Å²) in [6, 6.07) is 8.90. The van der Waals surface area contributed by atoms with E-state index in [4.69, 9.17) is 9.78 Å². The lowest BCUT2D eigenvalue weighted by Crippen LogP contribution is -1.87. The topological polar surface area (TPSA) is 88.5 Å². The van der Waals surface area contributed by atoms with E-state index in [0.717, 1.165) is 4.47 Å². The lowest BCUT2D eigenvalue weighted by molar-refractivity contribution is 0.432. The Morgan fingerprint density at radius 1 is 1.20 bits per heavy atom. The molecular formula is C13H6BrN5O. The van der Waals surface area contributed by atoms with Gasteiger partial charge in [-0.1, -0.05) is 5.16 Å². The van der Waals surface area contributed by atoms with Crippen LogP contribution in [0.1, 0.15) is 5.69 Å². The average molecular weight is 328 g/mol. The van der Waals surface area contributed by atoms with E-state index in [1.807, 2.05) is 12.1 Å². The van der Waals surface area contributed by atoms with Crippen LogP contribution in [0.25, 0.3) is 23.0 Å². The second-order valence-corrected chi connectivity index (χ2v) is 4.65. The number of hydrogen-bond acceptors (Lipinski definition) is 6. The Balaban J connectivity index is 2.02. The average Bonchev–Trinajstić information content (AvgIpc) is 2.97. The molecule has 0 saturated heterocycles. The minimum Gasteiger partial charge on any atom is -0.334 e. The quantitative estimate of drug-likeness (QED) is 0.719. The maximum absolute atomic E-state index is 8.83. The van der Waals surface area contributed by atoms with Crippen LogP contribution in [0.5, 0.6) is 0 Å². The van der Waals surface area contributed by atoms with Gasteiger partial charge in [-0.3, -0.25) is 4.98 Å². The fourth-order valence-electron chi connectivity index (χ4n) is 1.61. The molecule has 3 aromatic heterocycles. The summed E-state index contributed by atoms with van der Waals surface area (Å²) in [4.78, 5) is 12.4. The Morgan fingerprint density at radius 2 is 2.10 bits per heavy atom. The standard InChI is InChI=1S/C13H6BrN5O/c14-10-2-1-4-17-11(10)12-18-13(20-19-12)8-3-5-16-9(6-8)7-15/h1-6H. The van der Waals surface area contributed by atoms with Crippen LogP contribution in [0.4, 0.5) is 0 Å². The molecule has 96 valence electrons. The van der Waals surface area contributed by atoms with Crippen molar-refractivity contribution in [2.45, 2.75) is 0 Å². The third-order valence-corrected chi connectivity index (χ3v) is 3.16. The highest BCUT2D eigenvalue weighted by molar-refractivity contribution is 9.10. The molecule has 0 unspecified atom stereocenters. The minimum absolute atomic E-state index is 0.293. The van der Waals surface area contributed by atoms with Gasteiger partial charge in [0.15, 0.2) is 0 Å². The van der Waals surface area contributed by atoms with Crippen LogP contribution in [0.3, 0.4) is 0 Å². The molecule has 3 heterocycles. The van der Waals surface area contributed by atoms with Gasteiger partial charge in [-0.15, -0.1) is 0 Å². The predicted molar refractivity (Wildman–Crippen MR) is 73.2 cm³/mol. The molecule has 6 nitrogen and oxygen atoms in total. The number of rotatable bonds is 2. The molecule has 3 rings (SSSR count). The summed E-state index contributed by atoms with van der Waals surface area (Å²) in [6.45, 7) is 0. The van der Waals surface area contributed by atoms with E-state index in [9.17, 15) is 0 Å². The van der Waals surface area contributed by atoms with Crippen LogP contribution >= 0.6 is 15.9 Å². The summed E-state index contributed by atoms with van der Waals surface area (Å²) >= 11 is 3.38. The molecule has 0 amide bonds. The van der Waals surface area contributed by atoms with E-state index in [0.29, 0.717) is 28.7 Å². The normalized spacial score (nSPS) is 10.2. The number of nitriles is 1. The Kier molecular flexibility index (Phi) is 3.23. The number of hydrogen-bond donors (Lipinski definition) is 0. The van der Waals surface area contributed by atoms with E-state index >= 15 is 0 Å². The van der Waals surface area contributed by atoms with Gasteiger partial charge in [0.25, 0.3) is 5.89 Å². The van der Waals surface area contributed by atoms with E-state index in [2.05, 4.69) is 36.0 Å². The van der Waals surface area contributed by atoms with Crippen molar-refractivity contribution in [2.24, 2.45) is 0 Å². The van der Waals surface area contributed by atoms with Gasteiger partial charge in [0.05, 0.1) is 0 Å². The highest BCUT2D eigenvalue weighted by atomic mass is 79.9. The Hall–Kier alpha value is -2.59. The largest absolute Gasteiger partial charge is 0.334 e. The highest BCUT2D eigenvalue weighted by Crippen LogP contribution is 2.25. The third kappa shape index (κ3) is 2.29. The fourth-order valence-corrected chi connectivity index (χ4v) is 2.04. The monoisotopic (exact) mass is 327 g/mol. The van der Waals surface area contributed by atoms with Gasteiger partial charge < -0.3 is 4.52 Å². The third-order valence-electron chi connectivity index (χ3n) is 2.52. The fraction of sp³-hybridized carbons (Fsp3) is 0. The van der Waals surface area contributed by atoms with E-state index in [1.165, 1.54) is 6.20 Å². The molecule has 0 aliphatic carbocycles. The number of nitrogens with zero attached hydrogens (tertiary/aromatic N) is 5. The number of aromatic nitrogens is 4. The first kappa shape index (κ1) is 12.4. The van der Waals surface area contributed by atoms with Gasteiger partial charge in [-0.05, 0) is 40.2 Å². The van der Waals surface area contributed by atoms with Crippen molar-refractivity contribution in [3.05, 3.63) is 46.8 Å². The first-order chi connectivity index (χ1) is 9.78. The van der Waals surface area contributed by atoms with Crippen LogP contribution in [0.15, 0.2) is 45.7 Å². The Morgan fingerprint density at radius 3 is 2.90 bits per heavy atom. The molecule has 0 saturated carbocycles. The minimum atomic E-state index is 0.293. The maximum Gasteiger partial charge on any atom is 0.258 e. The van der Waals surface area contributed by atoms with Gasteiger partial charge in [0.1, 0.15) is 17.5 Å². The van der Waals surface area contributed by atoms with Crippen molar-refractivity contribution in [2.75, 3.05) is 0 Å². The Labute approximate surface area is 122 Å². The first-order valence-corrected chi connectivity index (χ1v) is 6.38. The zero-order chi connectivity index (χ0) is 13.9. The molecule has 0 aromatic carbocycles. The van der Waals surface area contributed by atoms with Crippen molar-refractivity contribution < 1.29 is 4.52 Å². The molecule has 0 atom stereocenters. The summed E-state index contributed by atoms with van der Waals surface area (Å²) in [5.41, 5.74) is 1.53. The number of pyridine rings is 2. The zero-order valence-corrected chi connectivity index (χ0v) is 11.6. The van der Waals surface area contributed by atoms with Crippen LogP contribution in [-0.2, 0) is 0 Å². The summed E-state index contributed by atoms with van der Waals surface area (Å²) in [7, 11) is 0. The molecule has 0 aliphatic rings. The lowest BCUT2D eigenvalue weighted by Gasteiger charge is -1.95. The molecule has 0 bridgehead atoms. The summed E-state index contributed by atoms with van der Waals surface area (Å²) in [5, 5.41) is 12.7. The molecule has 0 spiro atoms. The van der Waals surface area contributed by atoms with Crippen LogP contribution in [0, 0.1) is 11.3 Å². The zero-order valence-electron chi connectivity index (χ0n) is 9.99. The van der Waals surface area contributed by atoms with Gasteiger partial charge in [0, 0.05) is 22.4 Å². The van der Waals surface area contributed by atoms with Crippen molar-refractivity contribution in [3.8, 4) is 29.0 Å². The van der Waals surface area contributed by atoms with E-state index in [1.54, 1.807) is 24.4 Å². The molecule has 20 heavy (non-hydrogen) atoms. The SMILES string of the molecule is N#Cc1cc(-c2nc(-c3ncccc3Br)no2)ccn1. The van der Waals surface area contributed by atoms with Crippen LogP contribution in [-0.4, -0.2) is 20.1 Å². The van der Waals surface area contributed by atoms with E-state index in [-0.39, 0.29) is 0 Å². The van der Waals surface area contributed by atoms with Crippen molar-refractivity contribution in [3.63, 3.8) is 0 Å². The smallest absolute Gasteiger partial charge is 0.258 e. The summed E-state index contributed by atoms with van der Waals surface area (Å²) in [5.74, 6) is 0.694. The first-order valence-electron chi connectivity index (χ1n) is 5.59. The Bertz CT molecular complexity index is 808.